The van der Waals surface area contributed by atoms with E-state index in [9.17, 15) is 10.1 Å². The Morgan fingerprint density at radius 2 is 2.31 bits per heavy atom. The molecule has 0 aromatic heterocycles. The minimum atomic E-state index is -0.405. The second-order valence-electron chi connectivity index (χ2n) is 3.92. The standard InChI is InChI=1S/C13H14N2O/c1-2-13(16)15-8-7-10-5-3-4-6-11(10)12(15)9-14/h3-6,12H,2,7-8H2,1H3. The van der Waals surface area contributed by atoms with Crippen LogP contribution in [0.4, 0.5) is 0 Å². The molecular formula is C13H14N2O. The first-order chi connectivity index (χ1) is 7.77. The van der Waals surface area contributed by atoms with E-state index in [1.54, 1.807) is 4.90 Å². The first-order valence-corrected chi connectivity index (χ1v) is 5.54. The summed E-state index contributed by atoms with van der Waals surface area (Å²) in [5.74, 6) is 0.0565. The predicted octanol–water partition coefficient (Wildman–Crippen LogP) is 2.05. The summed E-state index contributed by atoms with van der Waals surface area (Å²) in [7, 11) is 0. The van der Waals surface area contributed by atoms with Gasteiger partial charge in [0, 0.05) is 13.0 Å². The van der Waals surface area contributed by atoms with Gasteiger partial charge >= 0.3 is 0 Å². The molecule has 0 saturated carbocycles. The maximum Gasteiger partial charge on any atom is 0.223 e. The van der Waals surface area contributed by atoms with Crippen molar-refractivity contribution in [1.29, 1.82) is 5.26 Å². The number of carbonyl (C=O) groups is 1. The van der Waals surface area contributed by atoms with E-state index in [0.717, 1.165) is 12.0 Å². The zero-order valence-corrected chi connectivity index (χ0v) is 9.31. The van der Waals surface area contributed by atoms with Crippen LogP contribution < -0.4 is 0 Å². The highest BCUT2D eigenvalue weighted by atomic mass is 16.2. The molecule has 82 valence electrons. The monoisotopic (exact) mass is 214 g/mol. The first kappa shape index (κ1) is 10.7. The van der Waals surface area contributed by atoms with Crippen LogP contribution in [0.15, 0.2) is 24.3 Å². The lowest BCUT2D eigenvalue weighted by Crippen LogP contribution is -2.39. The second kappa shape index (κ2) is 4.36. The van der Waals surface area contributed by atoms with Gasteiger partial charge in [0.2, 0.25) is 5.91 Å². The highest BCUT2D eigenvalue weighted by molar-refractivity contribution is 5.77. The zero-order valence-electron chi connectivity index (χ0n) is 9.31. The molecule has 2 rings (SSSR count). The Morgan fingerprint density at radius 1 is 1.56 bits per heavy atom. The molecule has 1 aromatic rings. The van der Waals surface area contributed by atoms with Crippen molar-refractivity contribution >= 4 is 5.91 Å². The van der Waals surface area contributed by atoms with Gasteiger partial charge in [0.25, 0.3) is 0 Å². The van der Waals surface area contributed by atoms with E-state index in [1.807, 2.05) is 31.2 Å². The second-order valence-corrected chi connectivity index (χ2v) is 3.92. The van der Waals surface area contributed by atoms with Crippen molar-refractivity contribution in [2.75, 3.05) is 6.54 Å². The fourth-order valence-electron chi connectivity index (χ4n) is 2.18. The third-order valence-corrected chi connectivity index (χ3v) is 3.03. The summed E-state index contributed by atoms with van der Waals surface area (Å²) in [5.41, 5.74) is 2.17. The normalized spacial score (nSPS) is 18.8. The molecule has 1 atom stereocenters. The van der Waals surface area contributed by atoms with Crippen LogP contribution in [0.3, 0.4) is 0 Å². The topological polar surface area (TPSA) is 44.1 Å². The first-order valence-electron chi connectivity index (χ1n) is 5.54. The molecule has 1 aliphatic heterocycles. The van der Waals surface area contributed by atoms with Gasteiger partial charge in [-0.3, -0.25) is 4.79 Å². The third kappa shape index (κ3) is 1.67. The Morgan fingerprint density at radius 3 is 3.00 bits per heavy atom. The molecule has 0 radical (unpaired) electrons. The summed E-state index contributed by atoms with van der Waals surface area (Å²) < 4.78 is 0. The average Bonchev–Trinajstić information content (AvgIpc) is 2.36. The van der Waals surface area contributed by atoms with Crippen molar-refractivity contribution in [2.24, 2.45) is 0 Å². The molecule has 0 saturated heterocycles. The Kier molecular flexibility index (Phi) is 2.91. The molecule has 0 spiro atoms. The van der Waals surface area contributed by atoms with Crippen LogP contribution >= 0.6 is 0 Å². The number of rotatable bonds is 1. The zero-order chi connectivity index (χ0) is 11.5. The third-order valence-electron chi connectivity index (χ3n) is 3.03. The van der Waals surface area contributed by atoms with Gasteiger partial charge in [0.15, 0.2) is 0 Å². The summed E-state index contributed by atoms with van der Waals surface area (Å²) >= 11 is 0. The van der Waals surface area contributed by atoms with Crippen molar-refractivity contribution in [3.63, 3.8) is 0 Å². The lowest BCUT2D eigenvalue weighted by Gasteiger charge is -2.33. The molecule has 1 aliphatic rings. The van der Waals surface area contributed by atoms with Gasteiger partial charge in [-0.25, -0.2) is 0 Å². The number of amides is 1. The number of carbonyl (C=O) groups excluding carboxylic acids is 1. The van der Waals surface area contributed by atoms with E-state index in [1.165, 1.54) is 5.56 Å². The fraction of sp³-hybridized carbons (Fsp3) is 0.385. The smallest absolute Gasteiger partial charge is 0.223 e. The minimum absolute atomic E-state index is 0.0565. The number of nitriles is 1. The maximum atomic E-state index is 11.7. The molecule has 1 aromatic carbocycles. The Labute approximate surface area is 95.3 Å². The highest BCUT2D eigenvalue weighted by Gasteiger charge is 2.29. The maximum absolute atomic E-state index is 11.7. The Bertz CT molecular complexity index is 447. The van der Waals surface area contributed by atoms with Crippen molar-refractivity contribution in [2.45, 2.75) is 25.8 Å². The van der Waals surface area contributed by atoms with Crippen molar-refractivity contribution in [1.82, 2.24) is 4.90 Å². The Hall–Kier alpha value is -1.82. The van der Waals surface area contributed by atoms with Crippen molar-refractivity contribution < 1.29 is 4.79 Å². The molecule has 3 heteroatoms. The summed E-state index contributed by atoms with van der Waals surface area (Å²) in [6.07, 6.45) is 1.31. The van der Waals surface area contributed by atoms with E-state index >= 15 is 0 Å². The SMILES string of the molecule is CCC(=O)N1CCc2ccccc2C1C#N. The van der Waals surface area contributed by atoms with Crippen LogP contribution in [0.25, 0.3) is 0 Å². The van der Waals surface area contributed by atoms with Crippen LogP contribution in [-0.4, -0.2) is 17.4 Å². The van der Waals surface area contributed by atoms with E-state index in [2.05, 4.69) is 6.07 Å². The molecule has 1 heterocycles. The molecule has 0 aliphatic carbocycles. The molecule has 1 amide bonds. The minimum Gasteiger partial charge on any atom is -0.322 e. The van der Waals surface area contributed by atoms with Gasteiger partial charge in [-0.1, -0.05) is 31.2 Å². The number of fused-ring (bicyclic) bond motifs is 1. The molecule has 0 fully saturated rings. The predicted molar refractivity (Wildman–Crippen MR) is 60.5 cm³/mol. The van der Waals surface area contributed by atoms with Gasteiger partial charge in [-0.15, -0.1) is 0 Å². The highest BCUT2D eigenvalue weighted by Crippen LogP contribution is 2.29. The van der Waals surface area contributed by atoms with E-state index < -0.39 is 6.04 Å². The van der Waals surface area contributed by atoms with Gasteiger partial charge in [-0.2, -0.15) is 5.26 Å². The summed E-state index contributed by atoms with van der Waals surface area (Å²) in [6.45, 7) is 2.49. The summed E-state index contributed by atoms with van der Waals surface area (Å²) in [4.78, 5) is 13.4. The van der Waals surface area contributed by atoms with Crippen LogP contribution in [0.1, 0.15) is 30.5 Å². The van der Waals surface area contributed by atoms with Crippen LogP contribution in [0.5, 0.6) is 0 Å². The van der Waals surface area contributed by atoms with Crippen molar-refractivity contribution in [3.8, 4) is 6.07 Å². The Balaban J connectivity index is 2.38. The molecular weight excluding hydrogens is 200 g/mol. The molecule has 3 nitrogen and oxygen atoms in total. The number of benzene rings is 1. The number of nitrogens with zero attached hydrogens (tertiary/aromatic N) is 2. The largest absolute Gasteiger partial charge is 0.322 e. The number of hydrogen-bond acceptors (Lipinski definition) is 2. The van der Waals surface area contributed by atoms with Crippen LogP contribution in [-0.2, 0) is 11.2 Å². The van der Waals surface area contributed by atoms with Gasteiger partial charge < -0.3 is 4.90 Å². The quantitative estimate of drug-likeness (QED) is 0.718. The lowest BCUT2D eigenvalue weighted by atomic mass is 9.93. The van der Waals surface area contributed by atoms with Crippen LogP contribution in [0.2, 0.25) is 0 Å². The molecule has 16 heavy (non-hydrogen) atoms. The number of hydrogen-bond donors (Lipinski definition) is 0. The van der Waals surface area contributed by atoms with E-state index in [-0.39, 0.29) is 5.91 Å². The van der Waals surface area contributed by atoms with Gasteiger partial charge in [0.1, 0.15) is 6.04 Å². The van der Waals surface area contributed by atoms with Gasteiger partial charge in [0.05, 0.1) is 6.07 Å². The van der Waals surface area contributed by atoms with E-state index in [4.69, 9.17) is 0 Å². The molecule has 0 N–H and O–H groups in total. The van der Waals surface area contributed by atoms with E-state index in [0.29, 0.717) is 13.0 Å². The average molecular weight is 214 g/mol. The van der Waals surface area contributed by atoms with Crippen molar-refractivity contribution in [3.05, 3.63) is 35.4 Å². The summed E-state index contributed by atoms with van der Waals surface area (Å²) in [5, 5.41) is 9.21. The lowest BCUT2D eigenvalue weighted by molar-refractivity contribution is -0.132. The summed E-state index contributed by atoms with van der Waals surface area (Å²) in [6, 6.07) is 9.70. The fourth-order valence-corrected chi connectivity index (χ4v) is 2.18. The molecule has 0 bridgehead atoms. The van der Waals surface area contributed by atoms with Gasteiger partial charge in [-0.05, 0) is 17.5 Å². The van der Waals surface area contributed by atoms with Crippen LogP contribution in [0, 0.1) is 11.3 Å². The molecule has 1 unspecified atom stereocenters.